The quantitative estimate of drug-likeness (QED) is 0.783. The van der Waals surface area contributed by atoms with E-state index in [0.29, 0.717) is 6.07 Å². The predicted octanol–water partition coefficient (Wildman–Crippen LogP) is 2.53. The van der Waals surface area contributed by atoms with E-state index in [1.165, 1.54) is 0 Å². The molecule has 2 N–H and O–H groups in total. The molecule has 0 aliphatic heterocycles. The van der Waals surface area contributed by atoms with Crippen molar-refractivity contribution in [1.82, 2.24) is 0 Å². The van der Waals surface area contributed by atoms with Crippen molar-refractivity contribution in [2.24, 2.45) is 5.41 Å². The van der Waals surface area contributed by atoms with Crippen molar-refractivity contribution >= 4 is 5.69 Å². The Kier molecular flexibility index (Phi) is 3.80. The molecule has 0 saturated heterocycles. The zero-order valence-corrected chi connectivity index (χ0v) is 9.15. The number of rotatable bonds is 4. The van der Waals surface area contributed by atoms with Crippen LogP contribution in [0, 0.1) is 22.9 Å². The summed E-state index contributed by atoms with van der Waals surface area (Å²) in [5.41, 5.74) is -0.572. The molecule has 1 aromatic carbocycles. The van der Waals surface area contributed by atoms with Gasteiger partial charge in [-0.2, -0.15) is 0 Å². The lowest BCUT2D eigenvalue weighted by Crippen LogP contribution is -2.27. The Morgan fingerprint density at radius 2 is 1.69 bits per heavy atom. The van der Waals surface area contributed by atoms with Crippen molar-refractivity contribution in [2.45, 2.75) is 13.8 Å². The summed E-state index contributed by atoms with van der Waals surface area (Å²) in [6.45, 7) is 3.69. The van der Waals surface area contributed by atoms with E-state index in [9.17, 15) is 13.2 Å². The van der Waals surface area contributed by atoms with Gasteiger partial charge >= 0.3 is 0 Å². The number of aliphatic hydroxyl groups is 1. The summed E-state index contributed by atoms with van der Waals surface area (Å²) >= 11 is 0. The van der Waals surface area contributed by atoms with E-state index in [4.69, 9.17) is 5.11 Å². The Labute approximate surface area is 92.1 Å². The van der Waals surface area contributed by atoms with Crippen LogP contribution < -0.4 is 5.32 Å². The summed E-state index contributed by atoms with van der Waals surface area (Å²) in [5.74, 6) is -3.18. The number of halogens is 3. The highest BCUT2D eigenvalue weighted by Gasteiger charge is 2.17. The van der Waals surface area contributed by atoms with Crippen LogP contribution in [0.5, 0.6) is 0 Å². The Morgan fingerprint density at radius 3 is 2.25 bits per heavy atom. The fourth-order valence-electron chi connectivity index (χ4n) is 1.05. The first-order chi connectivity index (χ1) is 7.35. The molecule has 0 amide bonds. The van der Waals surface area contributed by atoms with Gasteiger partial charge in [0.2, 0.25) is 0 Å². The van der Waals surface area contributed by atoms with Gasteiger partial charge in [0.05, 0.1) is 5.69 Å². The maximum atomic E-state index is 13.2. The highest BCUT2D eigenvalue weighted by atomic mass is 19.2. The first-order valence-corrected chi connectivity index (χ1v) is 4.85. The van der Waals surface area contributed by atoms with E-state index in [2.05, 4.69) is 5.32 Å². The van der Waals surface area contributed by atoms with E-state index in [-0.39, 0.29) is 18.8 Å². The first-order valence-electron chi connectivity index (χ1n) is 4.85. The minimum atomic E-state index is -1.22. The molecule has 0 unspecified atom stereocenters. The van der Waals surface area contributed by atoms with E-state index in [0.717, 1.165) is 6.07 Å². The fraction of sp³-hybridized carbons (Fsp3) is 0.455. The summed E-state index contributed by atoms with van der Waals surface area (Å²) in [4.78, 5) is 0. The maximum Gasteiger partial charge on any atom is 0.161 e. The van der Waals surface area contributed by atoms with E-state index in [1.54, 1.807) is 13.8 Å². The van der Waals surface area contributed by atoms with Crippen LogP contribution in [0.1, 0.15) is 13.8 Å². The third-order valence-electron chi connectivity index (χ3n) is 2.20. The van der Waals surface area contributed by atoms with Crippen molar-refractivity contribution in [1.29, 1.82) is 0 Å². The van der Waals surface area contributed by atoms with Gasteiger partial charge in [0.15, 0.2) is 11.6 Å². The van der Waals surface area contributed by atoms with Gasteiger partial charge < -0.3 is 10.4 Å². The number of hydrogen-bond donors (Lipinski definition) is 2. The topological polar surface area (TPSA) is 32.3 Å². The van der Waals surface area contributed by atoms with Crippen LogP contribution in [-0.2, 0) is 0 Å². The molecule has 0 bridgehead atoms. The lowest BCUT2D eigenvalue weighted by atomic mass is 9.95. The molecule has 0 heterocycles. The summed E-state index contributed by atoms with van der Waals surface area (Å²) < 4.78 is 38.6. The molecule has 0 aromatic heterocycles. The van der Waals surface area contributed by atoms with Crippen LogP contribution in [0.4, 0.5) is 18.9 Å². The Morgan fingerprint density at radius 1 is 1.12 bits per heavy atom. The Balaban J connectivity index is 2.79. The zero-order chi connectivity index (χ0) is 12.3. The molecule has 0 radical (unpaired) electrons. The lowest BCUT2D eigenvalue weighted by molar-refractivity contribution is 0.170. The number of nitrogens with one attached hydrogen (secondary N) is 1. The number of hydrogen-bond acceptors (Lipinski definition) is 2. The number of benzene rings is 1. The average molecular weight is 233 g/mol. The Hall–Kier alpha value is -1.23. The van der Waals surface area contributed by atoms with Crippen LogP contribution in [0.2, 0.25) is 0 Å². The zero-order valence-electron chi connectivity index (χ0n) is 9.15. The second kappa shape index (κ2) is 4.74. The van der Waals surface area contributed by atoms with Crippen molar-refractivity contribution in [3.63, 3.8) is 0 Å². The van der Waals surface area contributed by atoms with Crippen LogP contribution in [0.15, 0.2) is 12.1 Å². The summed E-state index contributed by atoms with van der Waals surface area (Å²) in [7, 11) is 0. The maximum absolute atomic E-state index is 13.2. The van der Waals surface area contributed by atoms with Crippen LogP contribution in [-0.4, -0.2) is 18.3 Å². The molecule has 90 valence electrons. The van der Waals surface area contributed by atoms with Gasteiger partial charge in [-0.15, -0.1) is 0 Å². The van der Waals surface area contributed by atoms with E-state index >= 15 is 0 Å². The summed E-state index contributed by atoms with van der Waals surface area (Å²) in [5, 5.41) is 11.6. The van der Waals surface area contributed by atoms with Gasteiger partial charge in [-0.25, -0.2) is 13.2 Å². The molecule has 1 rings (SSSR count). The molecular formula is C11H14F3NO. The third-order valence-corrected chi connectivity index (χ3v) is 2.20. The molecule has 16 heavy (non-hydrogen) atoms. The minimum Gasteiger partial charge on any atom is -0.396 e. The van der Waals surface area contributed by atoms with Gasteiger partial charge in [0.25, 0.3) is 0 Å². The van der Waals surface area contributed by atoms with E-state index in [1.807, 2.05) is 0 Å². The SMILES string of the molecule is CC(C)(CO)CNc1cc(F)c(F)cc1F. The largest absolute Gasteiger partial charge is 0.396 e. The van der Waals surface area contributed by atoms with Crippen molar-refractivity contribution in [3.05, 3.63) is 29.6 Å². The van der Waals surface area contributed by atoms with Crippen LogP contribution >= 0.6 is 0 Å². The standard InChI is InChI=1S/C11H14F3NO/c1-11(2,6-16)5-15-10-4-8(13)7(12)3-9(10)14/h3-4,15-16H,5-6H2,1-2H3. The molecule has 0 fully saturated rings. The van der Waals surface area contributed by atoms with Crippen LogP contribution in [0.25, 0.3) is 0 Å². The lowest BCUT2D eigenvalue weighted by Gasteiger charge is -2.22. The monoisotopic (exact) mass is 233 g/mol. The third kappa shape index (κ3) is 3.13. The summed E-state index contributed by atoms with van der Waals surface area (Å²) in [6.07, 6.45) is 0. The molecule has 0 aliphatic carbocycles. The molecule has 0 aliphatic rings. The van der Waals surface area contributed by atoms with Gasteiger partial charge in [0, 0.05) is 30.7 Å². The van der Waals surface area contributed by atoms with Gasteiger partial charge in [-0.05, 0) is 0 Å². The van der Waals surface area contributed by atoms with E-state index < -0.39 is 22.9 Å². The molecule has 0 saturated carbocycles. The second-order valence-corrected chi connectivity index (χ2v) is 4.42. The average Bonchev–Trinajstić information content (AvgIpc) is 2.22. The number of anilines is 1. The minimum absolute atomic E-state index is 0.0920. The summed E-state index contributed by atoms with van der Waals surface area (Å²) in [6, 6.07) is 1.25. The fourth-order valence-corrected chi connectivity index (χ4v) is 1.05. The highest BCUT2D eigenvalue weighted by molar-refractivity contribution is 5.45. The molecular weight excluding hydrogens is 219 g/mol. The van der Waals surface area contributed by atoms with Gasteiger partial charge in [-0.3, -0.25) is 0 Å². The predicted molar refractivity (Wildman–Crippen MR) is 55.7 cm³/mol. The second-order valence-electron chi connectivity index (χ2n) is 4.42. The molecule has 2 nitrogen and oxygen atoms in total. The van der Waals surface area contributed by atoms with Gasteiger partial charge in [-0.1, -0.05) is 13.8 Å². The molecule has 5 heteroatoms. The highest BCUT2D eigenvalue weighted by Crippen LogP contribution is 2.21. The normalized spacial score (nSPS) is 11.6. The smallest absolute Gasteiger partial charge is 0.161 e. The molecule has 0 spiro atoms. The number of aliphatic hydroxyl groups excluding tert-OH is 1. The first kappa shape index (κ1) is 12.8. The van der Waals surface area contributed by atoms with Crippen LogP contribution in [0.3, 0.4) is 0 Å². The van der Waals surface area contributed by atoms with Crippen molar-refractivity contribution in [3.8, 4) is 0 Å². The van der Waals surface area contributed by atoms with Gasteiger partial charge in [0.1, 0.15) is 5.82 Å². The van der Waals surface area contributed by atoms with Crippen molar-refractivity contribution in [2.75, 3.05) is 18.5 Å². The van der Waals surface area contributed by atoms with Crippen molar-refractivity contribution < 1.29 is 18.3 Å². The molecule has 0 atom stereocenters. The Bertz CT molecular complexity index is 380. The molecule has 1 aromatic rings.